The van der Waals surface area contributed by atoms with E-state index in [1.165, 1.54) is 5.56 Å². The third kappa shape index (κ3) is 3.33. The predicted octanol–water partition coefficient (Wildman–Crippen LogP) is 1.94. The molecular formula is C18H26N2O2. The average molecular weight is 302 g/mol. The fourth-order valence-electron chi connectivity index (χ4n) is 3.68. The van der Waals surface area contributed by atoms with Gasteiger partial charge in [0.25, 0.3) is 5.91 Å². The second-order valence-electron chi connectivity index (χ2n) is 6.60. The monoisotopic (exact) mass is 302 g/mol. The number of ether oxygens (including phenoxy) is 1. The van der Waals surface area contributed by atoms with Gasteiger partial charge in [-0.25, -0.2) is 0 Å². The summed E-state index contributed by atoms with van der Waals surface area (Å²) >= 11 is 0. The number of hydrogen-bond donors (Lipinski definition) is 0. The standard InChI is InChI=1S/C18H26N2O2/c1-19(2)18(21)17-9-8-15-16(22-17)11-13-20(15)12-10-14-6-4-3-5-7-14/h3-7,15-17H,8-13H2,1-2H3/t15-,16-,17-/m0/s1. The van der Waals surface area contributed by atoms with Gasteiger partial charge in [0, 0.05) is 33.2 Å². The maximum Gasteiger partial charge on any atom is 0.251 e. The molecule has 1 aromatic carbocycles. The summed E-state index contributed by atoms with van der Waals surface area (Å²) in [5.74, 6) is 0.112. The van der Waals surface area contributed by atoms with Crippen molar-refractivity contribution in [3.05, 3.63) is 35.9 Å². The van der Waals surface area contributed by atoms with Crippen LogP contribution in [-0.2, 0) is 16.0 Å². The topological polar surface area (TPSA) is 32.8 Å². The van der Waals surface area contributed by atoms with Crippen LogP contribution in [0.3, 0.4) is 0 Å². The molecule has 0 unspecified atom stereocenters. The Morgan fingerprint density at radius 3 is 2.73 bits per heavy atom. The largest absolute Gasteiger partial charge is 0.363 e. The molecule has 120 valence electrons. The first-order chi connectivity index (χ1) is 10.6. The number of carbonyl (C=O) groups excluding carboxylic acids is 1. The van der Waals surface area contributed by atoms with Gasteiger partial charge in [0.1, 0.15) is 6.10 Å². The summed E-state index contributed by atoms with van der Waals surface area (Å²) in [5.41, 5.74) is 1.39. The Balaban J connectivity index is 1.53. The van der Waals surface area contributed by atoms with Gasteiger partial charge < -0.3 is 9.64 Å². The Bertz CT molecular complexity index is 503. The van der Waals surface area contributed by atoms with Crippen LogP contribution in [0.25, 0.3) is 0 Å². The van der Waals surface area contributed by atoms with Crippen molar-refractivity contribution in [2.75, 3.05) is 27.2 Å². The number of nitrogens with zero attached hydrogens (tertiary/aromatic N) is 2. The minimum atomic E-state index is -0.231. The lowest BCUT2D eigenvalue weighted by Crippen LogP contribution is -2.47. The van der Waals surface area contributed by atoms with Crippen molar-refractivity contribution in [3.8, 4) is 0 Å². The maximum absolute atomic E-state index is 12.1. The molecule has 0 aromatic heterocycles. The molecule has 3 atom stereocenters. The van der Waals surface area contributed by atoms with Crippen LogP contribution in [0.5, 0.6) is 0 Å². The van der Waals surface area contributed by atoms with Gasteiger partial charge in [0.2, 0.25) is 0 Å². The van der Waals surface area contributed by atoms with Gasteiger partial charge in [-0.05, 0) is 31.2 Å². The molecule has 4 nitrogen and oxygen atoms in total. The van der Waals surface area contributed by atoms with Gasteiger partial charge in [0.15, 0.2) is 0 Å². The van der Waals surface area contributed by atoms with Crippen LogP contribution >= 0.6 is 0 Å². The number of amides is 1. The van der Waals surface area contributed by atoms with Crippen LogP contribution in [0, 0.1) is 0 Å². The molecule has 0 bridgehead atoms. The molecule has 4 heteroatoms. The number of benzene rings is 1. The molecular weight excluding hydrogens is 276 g/mol. The van der Waals surface area contributed by atoms with E-state index in [1.807, 2.05) is 0 Å². The molecule has 22 heavy (non-hydrogen) atoms. The Hall–Kier alpha value is -1.39. The van der Waals surface area contributed by atoms with Crippen LogP contribution in [0.1, 0.15) is 24.8 Å². The van der Waals surface area contributed by atoms with Crippen molar-refractivity contribution in [1.29, 1.82) is 0 Å². The Morgan fingerprint density at radius 2 is 2.00 bits per heavy atom. The molecule has 1 amide bonds. The van der Waals surface area contributed by atoms with E-state index in [0.717, 1.165) is 38.8 Å². The Labute approximate surface area is 133 Å². The lowest BCUT2D eigenvalue weighted by atomic mass is 9.98. The summed E-state index contributed by atoms with van der Waals surface area (Å²) in [4.78, 5) is 16.3. The summed E-state index contributed by atoms with van der Waals surface area (Å²) in [6.07, 6.45) is 4.06. The van der Waals surface area contributed by atoms with Gasteiger partial charge in [0.05, 0.1) is 6.10 Å². The van der Waals surface area contributed by atoms with E-state index < -0.39 is 0 Å². The van der Waals surface area contributed by atoms with Crippen LogP contribution in [0.4, 0.5) is 0 Å². The molecule has 0 N–H and O–H groups in total. The first-order valence-electron chi connectivity index (χ1n) is 8.30. The van der Waals surface area contributed by atoms with Gasteiger partial charge in [-0.2, -0.15) is 0 Å². The average Bonchev–Trinajstić information content (AvgIpc) is 2.95. The zero-order valence-corrected chi connectivity index (χ0v) is 13.6. The summed E-state index contributed by atoms with van der Waals surface area (Å²) in [6.45, 7) is 2.17. The quantitative estimate of drug-likeness (QED) is 0.852. The SMILES string of the molecule is CN(C)C(=O)[C@@H]1CC[C@H]2[C@H](CCN2CCc2ccccc2)O1. The van der Waals surface area contributed by atoms with Crippen LogP contribution < -0.4 is 0 Å². The molecule has 2 aliphatic heterocycles. The lowest BCUT2D eigenvalue weighted by molar-refractivity contribution is -0.151. The molecule has 2 heterocycles. The maximum atomic E-state index is 12.1. The normalized spacial score (nSPS) is 28.4. The lowest BCUT2D eigenvalue weighted by Gasteiger charge is -2.36. The van der Waals surface area contributed by atoms with E-state index in [9.17, 15) is 4.79 Å². The third-order valence-corrected chi connectivity index (χ3v) is 4.91. The molecule has 0 radical (unpaired) electrons. The predicted molar refractivity (Wildman–Crippen MR) is 86.7 cm³/mol. The van der Waals surface area contributed by atoms with Gasteiger partial charge in [-0.1, -0.05) is 30.3 Å². The highest BCUT2D eigenvalue weighted by atomic mass is 16.5. The minimum absolute atomic E-state index is 0.112. The van der Waals surface area contributed by atoms with E-state index in [1.54, 1.807) is 19.0 Å². The molecule has 3 rings (SSSR count). The van der Waals surface area contributed by atoms with Crippen molar-refractivity contribution >= 4 is 5.91 Å². The van der Waals surface area contributed by atoms with Crippen molar-refractivity contribution < 1.29 is 9.53 Å². The summed E-state index contributed by atoms with van der Waals surface area (Å²) in [7, 11) is 3.61. The fourth-order valence-corrected chi connectivity index (χ4v) is 3.68. The van der Waals surface area contributed by atoms with Crippen molar-refractivity contribution in [1.82, 2.24) is 9.80 Å². The highest BCUT2D eigenvalue weighted by Gasteiger charge is 2.41. The number of likely N-dealkylation sites (tertiary alicyclic amines) is 1. The van der Waals surface area contributed by atoms with Crippen molar-refractivity contribution in [2.45, 2.75) is 43.9 Å². The Kier molecular flexibility index (Phi) is 4.79. The van der Waals surface area contributed by atoms with Crippen molar-refractivity contribution in [3.63, 3.8) is 0 Å². The molecule has 0 saturated carbocycles. The number of hydrogen-bond acceptors (Lipinski definition) is 3. The number of carbonyl (C=O) groups is 1. The second kappa shape index (κ2) is 6.80. The number of fused-ring (bicyclic) bond motifs is 1. The smallest absolute Gasteiger partial charge is 0.251 e. The highest BCUT2D eigenvalue weighted by molar-refractivity contribution is 5.80. The summed E-state index contributed by atoms with van der Waals surface area (Å²) < 4.78 is 6.08. The van der Waals surface area contributed by atoms with Crippen LogP contribution in [-0.4, -0.2) is 61.1 Å². The number of likely N-dealkylation sites (N-methyl/N-ethyl adjacent to an activating group) is 1. The van der Waals surface area contributed by atoms with E-state index in [-0.39, 0.29) is 18.1 Å². The van der Waals surface area contributed by atoms with Crippen molar-refractivity contribution in [2.24, 2.45) is 0 Å². The molecule has 2 fully saturated rings. The number of rotatable bonds is 4. The first kappa shape index (κ1) is 15.5. The highest BCUT2D eigenvalue weighted by Crippen LogP contribution is 2.31. The van der Waals surface area contributed by atoms with E-state index in [0.29, 0.717) is 6.04 Å². The molecule has 1 aromatic rings. The molecule has 0 spiro atoms. The zero-order valence-electron chi connectivity index (χ0n) is 13.6. The van der Waals surface area contributed by atoms with E-state index in [2.05, 4.69) is 35.2 Å². The molecule has 0 aliphatic carbocycles. The Morgan fingerprint density at radius 1 is 1.23 bits per heavy atom. The minimum Gasteiger partial charge on any atom is -0.363 e. The molecule has 2 aliphatic rings. The van der Waals surface area contributed by atoms with Gasteiger partial charge in [-0.15, -0.1) is 0 Å². The zero-order chi connectivity index (χ0) is 15.5. The third-order valence-electron chi connectivity index (χ3n) is 4.91. The first-order valence-corrected chi connectivity index (χ1v) is 8.30. The summed E-state index contributed by atoms with van der Waals surface area (Å²) in [6, 6.07) is 11.1. The second-order valence-corrected chi connectivity index (χ2v) is 6.60. The fraction of sp³-hybridized carbons (Fsp3) is 0.611. The van der Waals surface area contributed by atoms with Crippen LogP contribution in [0.2, 0.25) is 0 Å². The van der Waals surface area contributed by atoms with E-state index in [4.69, 9.17) is 4.74 Å². The van der Waals surface area contributed by atoms with E-state index >= 15 is 0 Å². The van der Waals surface area contributed by atoms with Gasteiger partial charge >= 0.3 is 0 Å². The molecule has 2 saturated heterocycles. The summed E-state index contributed by atoms with van der Waals surface area (Å²) in [5, 5.41) is 0. The van der Waals surface area contributed by atoms with Gasteiger partial charge in [-0.3, -0.25) is 9.69 Å². The van der Waals surface area contributed by atoms with Crippen LogP contribution in [0.15, 0.2) is 30.3 Å².